The van der Waals surface area contributed by atoms with E-state index in [-0.39, 0.29) is 5.91 Å². The number of benzene rings is 1. The molecule has 0 aliphatic carbocycles. The van der Waals surface area contributed by atoms with E-state index in [9.17, 15) is 4.79 Å². The van der Waals surface area contributed by atoms with Gasteiger partial charge >= 0.3 is 0 Å². The van der Waals surface area contributed by atoms with Crippen LogP contribution < -0.4 is 5.32 Å². The predicted octanol–water partition coefficient (Wildman–Crippen LogP) is 3.49. The van der Waals surface area contributed by atoms with Crippen molar-refractivity contribution in [2.45, 2.75) is 13.8 Å². The number of nitrogens with one attached hydrogen (secondary N) is 1. The van der Waals surface area contributed by atoms with Crippen molar-refractivity contribution in [3.63, 3.8) is 0 Å². The molecule has 26 heavy (non-hydrogen) atoms. The van der Waals surface area contributed by atoms with Gasteiger partial charge in [-0.1, -0.05) is 35.5 Å². The van der Waals surface area contributed by atoms with Crippen LogP contribution in [0.15, 0.2) is 47.1 Å². The third-order valence-electron chi connectivity index (χ3n) is 4.26. The number of carbonyl (C=O) groups excluding carboxylic acids is 1. The molecule has 3 heterocycles. The molecule has 0 bridgehead atoms. The first-order valence-electron chi connectivity index (χ1n) is 8.17. The third-order valence-corrected chi connectivity index (χ3v) is 4.26. The molecule has 0 aliphatic heterocycles. The standard InChI is InChI=1S/C19H17N5O2/c1-11-15-9-14(10-20-18(15)24(3)22-11)21-19(25)16-12(2)26-23-17(16)13-7-5-4-6-8-13/h4-10H,1-3H3,(H,21,25). The molecule has 4 aromatic rings. The van der Waals surface area contributed by atoms with Crippen LogP contribution in [0.25, 0.3) is 22.3 Å². The molecule has 0 unspecified atom stereocenters. The normalized spacial score (nSPS) is 11.0. The Morgan fingerprint density at radius 2 is 1.96 bits per heavy atom. The van der Waals surface area contributed by atoms with Crippen LogP contribution in [0.1, 0.15) is 21.8 Å². The van der Waals surface area contributed by atoms with E-state index in [1.165, 1.54) is 0 Å². The number of carbonyl (C=O) groups is 1. The fourth-order valence-electron chi connectivity index (χ4n) is 3.00. The molecule has 0 radical (unpaired) electrons. The molecule has 0 aliphatic rings. The summed E-state index contributed by atoms with van der Waals surface area (Å²) in [5.74, 6) is 0.179. The minimum absolute atomic E-state index is 0.287. The van der Waals surface area contributed by atoms with E-state index < -0.39 is 0 Å². The second-order valence-corrected chi connectivity index (χ2v) is 6.09. The van der Waals surface area contributed by atoms with Crippen molar-refractivity contribution >= 4 is 22.6 Å². The van der Waals surface area contributed by atoms with Crippen LogP contribution >= 0.6 is 0 Å². The molecule has 0 atom stereocenters. The molecule has 7 heteroatoms. The van der Waals surface area contributed by atoms with E-state index in [1.54, 1.807) is 17.8 Å². The smallest absolute Gasteiger partial charge is 0.261 e. The lowest BCUT2D eigenvalue weighted by Crippen LogP contribution is -2.13. The Morgan fingerprint density at radius 1 is 1.19 bits per heavy atom. The van der Waals surface area contributed by atoms with Gasteiger partial charge in [0.1, 0.15) is 17.0 Å². The van der Waals surface area contributed by atoms with Crippen molar-refractivity contribution in [3.8, 4) is 11.3 Å². The van der Waals surface area contributed by atoms with Gasteiger partial charge in [0.2, 0.25) is 0 Å². The zero-order chi connectivity index (χ0) is 18.3. The lowest BCUT2D eigenvalue weighted by Gasteiger charge is -2.06. The van der Waals surface area contributed by atoms with Crippen molar-refractivity contribution in [3.05, 3.63) is 59.6 Å². The first-order valence-corrected chi connectivity index (χ1v) is 8.17. The predicted molar refractivity (Wildman–Crippen MR) is 97.9 cm³/mol. The van der Waals surface area contributed by atoms with Gasteiger partial charge in [-0.3, -0.25) is 9.48 Å². The van der Waals surface area contributed by atoms with Gasteiger partial charge in [0.05, 0.1) is 17.6 Å². The Balaban J connectivity index is 1.69. The summed E-state index contributed by atoms with van der Waals surface area (Å²) < 4.78 is 6.98. The number of fused-ring (bicyclic) bond motifs is 1. The molecule has 130 valence electrons. The van der Waals surface area contributed by atoms with E-state index in [0.29, 0.717) is 22.7 Å². The summed E-state index contributed by atoms with van der Waals surface area (Å²) >= 11 is 0. The van der Waals surface area contributed by atoms with Crippen molar-refractivity contribution < 1.29 is 9.32 Å². The van der Waals surface area contributed by atoms with Gasteiger partial charge < -0.3 is 9.84 Å². The van der Waals surface area contributed by atoms with E-state index in [4.69, 9.17) is 4.52 Å². The summed E-state index contributed by atoms with van der Waals surface area (Å²) in [5.41, 5.74) is 3.99. The number of amides is 1. The SMILES string of the molecule is Cc1onc(-c2ccccc2)c1C(=O)Nc1cnc2c(c1)c(C)nn2C. The number of rotatable bonds is 3. The number of aryl methyl sites for hydroxylation is 3. The molecule has 0 saturated heterocycles. The average Bonchev–Trinajstić information content (AvgIpc) is 3.16. The molecule has 0 spiro atoms. The largest absolute Gasteiger partial charge is 0.360 e. The second-order valence-electron chi connectivity index (χ2n) is 6.09. The number of aromatic nitrogens is 4. The maximum atomic E-state index is 12.9. The van der Waals surface area contributed by atoms with Gasteiger partial charge in [-0.25, -0.2) is 4.98 Å². The molecule has 1 aromatic carbocycles. The average molecular weight is 347 g/mol. The topological polar surface area (TPSA) is 85.8 Å². The van der Waals surface area contributed by atoms with Gasteiger partial charge in [-0.05, 0) is 19.9 Å². The summed E-state index contributed by atoms with van der Waals surface area (Å²) in [6.07, 6.45) is 1.62. The van der Waals surface area contributed by atoms with E-state index in [2.05, 4.69) is 20.6 Å². The van der Waals surface area contributed by atoms with E-state index in [1.807, 2.05) is 50.4 Å². The minimum Gasteiger partial charge on any atom is -0.360 e. The highest BCUT2D eigenvalue weighted by Gasteiger charge is 2.22. The van der Waals surface area contributed by atoms with E-state index in [0.717, 1.165) is 22.3 Å². The number of pyridine rings is 1. The minimum atomic E-state index is -0.287. The highest BCUT2D eigenvalue weighted by Crippen LogP contribution is 2.26. The maximum absolute atomic E-state index is 12.9. The van der Waals surface area contributed by atoms with Crippen molar-refractivity contribution in [1.29, 1.82) is 0 Å². The molecule has 7 nitrogen and oxygen atoms in total. The highest BCUT2D eigenvalue weighted by atomic mass is 16.5. The first kappa shape index (κ1) is 16.0. The lowest BCUT2D eigenvalue weighted by molar-refractivity contribution is 0.102. The number of nitrogens with zero attached hydrogens (tertiary/aromatic N) is 4. The fraction of sp³-hybridized carbons (Fsp3) is 0.158. The van der Waals surface area contributed by atoms with E-state index >= 15 is 0 Å². The van der Waals surface area contributed by atoms with Gasteiger partial charge in [0, 0.05) is 18.0 Å². The van der Waals surface area contributed by atoms with Crippen molar-refractivity contribution in [2.24, 2.45) is 7.05 Å². The Bertz CT molecular complexity index is 1110. The Hall–Kier alpha value is -3.48. The van der Waals surface area contributed by atoms with Crippen LogP contribution in [0.3, 0.4) is 0 Å². The lowest BCUT2D eigenvalue weighted by atomic mass is 10.1. The summed E-state index contributed by atoms with van der Waals surface area (Å²) in [6.45, 7) is 3.63. The molecule has 0 saturated carbocycles. The summed E-state index contributed by atoms with van der Waals surface area (Å²) in [5, 5.41) is 12.2. The number of hydrogen-bond acceptors (Lipinski definition) is 5. The second kappa shape index (κ2) is 6.11. The summed E-state index contributed by atoms with van der Waals surface area (Å²) in [4.78, 5) is 17.2. The van der Waals surface area contributed by atoms with Gasteiger partial charge in [0.25, 0.3) is 5.91 Å². The Morgan fingerprint density at radius 3 is 2.73 bits per heavy atom. The summed E-state index contributed by atoms with van der Waals surface area (Å²) in [6, 6.07) is 11.3. The molecular formula is C19H17N5O2. The Labute approximate surface area is 149 Å². The van der Waals surface area contributed by atoms with Crippen molar-refractivity contribution in [1.82, 2.24) is 19.9 Å². The van der Waals surface area contributed by atoms with Crippen molar-refractivity contribution in [2.75, 3.05) is 5.32 Å². The van der Waals surface area contributed by atoms with Crippen LogP contribution in [0.5, 0.6) is 0 Å². The van der Waals surface area contributed by atoms with Crippen LogP contribution in [-0.4, -0.2) is 25.8 Å². The van der Waals surface area contributed by atoms with Gasteiger partial charge in [-0.2, -0.15) is 5.10 Å². The molecule has 3 aromatic heterocycles. The zero-order valence-electron chi connectivity index (χ0n) is 14.6. The molecular weight excluding hydrogens is 330 g/mol. The third kappa shape index (κ3) is 2.63. The van der Waals surface area contributed by atoms with Crippen LogP contribution in [0.4, 0.5) is 5.69 Å². The summed E-state index contributed by atoms with van der Waals surface area (Å²) in [7, 11) is 1.84. The quantitative estimate of drug-likeness (QED) is 0.613. The highest BCUT2D eigenvalue weighted by molar-refractivity contribution is 6.09. The van der Waals surface area contributed by atoms with Crippen LogP contribution in [-0.2, 0) is 7.05 Å². The van der Waals surface area contributed by atoms with Crippen LogP contribution in [0.2, 0.25) is 0 Å². The monoisotopic (exact) mass is 347 g/mol. The number of anilines is 1. The first-order chi connectivity index (χ1) is 12.5. The fourth-order valence-corrected chi connectivity index (χ4v) is 3.00. The molecule has 0 fully saturated rings. The molecule has 1 amide bonds. The van der Waals surface area contributed by atoms with Gasteiger partial charge in [0.15, 0.2) is 5.65 Å². The van der Waals surface area contributed by atoms with Gasteiger partial charge in [-0.15, -0.1) is 0 Å². The van der Waals surface area contributed by atoms with Crippen LogP contribution in [0, 0.1) is 13.8 Å². The number of hydrogen-bond donors (Lipinski definition) is 1. The zero-order valence-corrected chi connectivity index (χ0v) is 14.6. The molecule has 4 rings (SSSR count). The molecule has 1 N–H and O–H groups in total. The Kier molecular flexibility index (Phi) is 3.76. The maximum Gasteiger partial charge on any atom is 0.261 e.